The van der Waals surface area contributed by atoms with Crippen LogP contribution in [-0.2, 0) is 0 Å². The predicted molar refractivity (Wildman–Crippen MR) is 64.3 cm³/mol. The SMILES string of the molecule is CC1(C)C(C(N)c2cc(F)c(F)cc2F)C1(C)C. The molecule has 2 N–H and O–H groups in total. The fourth-order valence-electron chi connectivity index (χ4n) is 3.12. The van der Waals surface area contributed by atoms with Crippen molar-refractivity contribution in [1.82, 2.24) is 0 Å². The Bertz CT molecular complexity index is 480. The summed E-state index contributed by atoms with van der Waals surface area (Å²) in [5.74, 6) is -2.97. The first-order chi connectivity index (χ1) is 8.10. The van der Waals surface area contributed by atoms with Crippen LogP contribution in [0, 0.1) is 34.2 Å². The first kappa shape index (κ1) is 13.4. The molecule has 0 aliphatic heterocycles. The van der Waals surface area contributed by atoms with Crippen LogP contribution in [0.5, 0.6) is 0 Å². The van der Waals surface area contributed by atoms with Crippen LogP contribution in [0.15, 0.2) is 12.1 Å². The van der Waals surface area contributed by atoms with E-state index in [1.165, 1.54) is 0 Å². The molecule has 1 unspecified atom stereocenters. The van der Waals surface area contributed by atoms with Crippen molar-refractivity contribution >= 4 is 0 Å². The first-order valence-electron chi connectivity index (χ1n) is 6.00. The van der Waals surface area contributed by atoms with Crippen LogP contribution in [0.1, 0.15) is 39.3 Å². The number of benzene rings is 1. The molecule has 4 heteroatoms. The van der Waals surface area contributed by atoms with Gasteiger partial charge in [0.15, 0.2) is 11.6 Å². The highest BCUT2D eigenvalue weighted by atomic mass is 19.2. The monoisotopic (exact) mass is 257 g/mol. The van der Waals surface area contributed by atoms with Crippen LogP contribution >= 0.6 is 0 Å². The van der Waals surface area contributed by atoms with Gasteiger partial charge in [-0.15, -0.1) is 0 Å². The van der Waals surface area contributed by atoms with Crippen LogP contribution in [0.2, 0.25) is 0 Å². The molecule has 1 aromatic rings. The van der Waals surface area contributed by atoms with Crippen molar-refractivity contribution in [1.29, 1.82) is 0 Å². The van der Waals surface area contributed by atoms with Gasteiger partial charge < -0.3 is 5.73 Å². The van der Waals surface area contributed by atoms with Gasteiger partial charge in [0.1, 0.15) is 5.82 Å². The summed E-state index contributed by atoms with van der Waals surface area (Å²) >= 11 is 0. The fraction of sp³-hybridized carbons (Fsp3) is 0.571. The zero-order valence-corrected chi connectivity index (χ0v) is 11.0. The number of halogens is 3. The van der Waals surface area contributed by atoms with Crippen molar-refractivity contribution in [2.24, 2.45) is 22.5 Å². The highest BCUT2D eigenvalue weighted by molar-refractivity contribution is 5.29. The summed E-state index contributed by atoms with van der Waals surface area (Å²) in [6.45, 7) is 8.20. The Hall–Kier alpha value is -1.03. The second kappa shape index (κ2) is 3.73. The molecule has 1 aromatic carbocycles. The summed E-state index contributed by atoms with van der Waals surface area (Å²) in [7, 11) is 0. The van der Waals surface area contributed by atoms with Crippen molar-refractivity contribution in [2.45, 2.75) is 33.7 Å². The minimum Gasteiger partial charge on any atom is -0.324 e. The topological polar surface area (TPSA) is 26.0 Å². The average molecular weight is 257 g/mol. The van der Waals surface area contributed by atoms with Crippen molar-refractivity contribution in [2.75, 3.05) is 0 Å². The lowest BCUT2D eigenvalue weighted by molar-refractivity contribution is 0.454. The van der Waals surface area contributed by atoms with Gasteiger partial charge in [-0.25, -0.2) is 13.2 Å². The Kier molecular flexibility index (Phi) is 2.78. The molecule has 100 valence electrons. The van der Waals surface area contributed by atoms with E-state index in [9.17, 15) is 13.2 Å². The molecule has 2 rings (SSSR count). The third kappa shape index (κ3) is 1.66. The van der Waals surface area contributed by atoms with Crippen LogP contribution in [0.3, 0.4) is 0 Å². The van der Waals surface area contributed by atoms with Crippen molar-refractivity contribution in [3.8, 4) is 0 Å². The molecule has 0 amide bonds. The highest BCUT2D eigenvalue weighted by Crippen LogP contribution is 2.71. The van der Waals surface area contributed by atoms with E-state index in [1.54, 1.807) is 0 Å². The van der Waals surface area contributed by atoms with E-state index in [0.717, 1.165) is 6.07 Å². The minimum absolute atomic E-state index is 0.0380. The van der Waals surface area contributed by atoms with Gasteiger partial charge in [0.25, 0.3) is 0 Å². The third-order valence-electron chi connectivity index (χ3n) is 4.89. The normalized spacial score (nSPS) is 22.9. The first-order valence-corrected chi connectivity index (χ1v) is 6.00. The summed E-state index contributed by atoms with van der Waals surface area (Å²) in [5.41, 5.74) is 6.02. The summed E-state index contributed by atoms with van der Waals surface area (Å²) in [6, 6.07) is 0.817. The molecule has 1 saturated carbocycles. The van der Waals surface area contributed by atoms with E-state index in [1.807, 2.05) is 0 Å². The lowest BCUT2D eigenvalue weighted by atomic mass is 9.97. The molecule has 0 radical (unpaired) electrons. The summed E-state index contributed by atoms with van der Waals surface area (Å²) in [5, 5.41) is 0. The zero-order valence-electron chi connectivity index (χ0n) is 11.0. The molecule has 1 aliphatic rings. The van der Waals surface area contributed by atoms with E-state index < -0.39 is 23.5 Å². The smallest absolute Gasteiger partial charge is 0.161 e. The molecule has 1 aliphatic carbocycles. The van der Waals surface area contributed by atoms with E-state index in [4.69, 9.17) is 5.73 Å². The van der Waals surface area contributed by atoms with E-state index >= 15 is 0 Å². The van der Waals surface area contributed by atoms with Crippen LogP contribution in [-0.4, -0.2) is 0 Å². The van der Waals surface area contributed by atoms with Crippen LogP contribution < -0.4 is 5.73 Å². The molecule has 0 aromatic heterocycles. The predicted octanol–water partition coefficient (Wildman–Crippen LogP) is 3.79. The van der Waals surface area contributed by atoms with Crippen molar-refractivity contribution in [3.63, 3.8) is 0 Å². The van der Waals surface area contributed by atoms with E-state index in [2.05, 4.69) is 27.7 Å². The summed E-state index contributed by atoms with van der Waals surface area (Å²) in [6.07, 6.45) is 0. The van der Waals surface area contributed by atoms with Gasteiger partial charge in [0, 0.05) is 17.7 Å². The maximum absolute atomic E-state index is 13.7. The molecule has 0 bridgehead atoms. The Labute approximate surface area is 105 Å². The molecule has 1 nitrogen and oxygen atoms in total. The number of nitrogens with two attached hydrogens (primary N) is 1. The van der Waals surface area contributed by atoms with Gasteiger partial charge in [-0.05, 0) is 22.8 Å². The second-order valence-corrected chi connectivity index (χ2v) is 6.23. The standard InChI is InChI=1S/C14H18F3N/c1-13(2)12(14(13,3)4)11(18)7-5-9(16)10(17)6-8(7)15/h5-6,11-12H,18H2,1-4H3. The molecule has 1 atom stereocenters. The Morgan fingerprint density at radius 2 is 1.39 bits per heavy atom. The van der Waals surface area contributed by atoms with Crippen molar-refractivity contribution in [3.05, 3.63) is 35.1 Å². The van der Waals surface area contributed by atoms with Gasteiger partial charge in [0.2, 0.25) is 0 Å². The van der Waals surface area contributed by atoms with E-state index in [-0.39, 0.29) is 22.3 Å². The van der Waals surface area contributed by atoms with Gasteiger partial charge >= 0.3 is 0 Å². The second-order valence-electron chi connectivity index (χ2n) is 6.23. The van der Waals surface area contributed by atoms with Gasteiger partial charge in [-0.1, -0.05) is 27.7 Å². The third-order valence-corrected chi connectivity index (χ3v) is 4.89. The largest absolute Gasteiger partial charge is 0.324 e. The summed E-state index contributed by atoms with van der Waals surface area (Å²) < 4.78 is 39.8. The number of hydrogen-bond donors (Lipinski definition) is 1. The lowest BCUT2D eigenvalue weighted by Gasteiger charge is -2.15. The maximum atomic E-state index is 13.7. The summed E-state index contributed by atoms with van der Waals surface area (Å²) in [4.78, 5) is 0. The molecular formula is C14H18F3N. The van der Waals surface area contributed by atoms with Crippen LogP contribution in [0.25, 0.3) is 0 Å². The molecule has 0 saturated heterocycles. The van der Waals surface area contributed by atoms with E-state index in [0.29, 0.717) is 6.07 Å². The van der Waals surface area contributed by atoms with Gasteiger partial charge in [-0.2, -0.15) is 0 Å². The molecular weight excluding hydrogens is 239 g/mol. The Morgan fingerprint density at radius 3 is 1.83 bits per heavy atom. The van der Waals surface area contributed by atoms with Gasteiger partial charge in [-0.3, -0.25) is 0 Å². The molecule has 1 fully saturated rings. The Morgan fingerprint density at radius 1 is 0.944 bits per heavy atom. The maximum Gasteiger partial charge on any atom is 0.161 e. The zero-order chi connectivity index (χ0) is 13.9. The lowest BCUT2D eigenvalue weighted by Crippen LogP contribution is -2.18. The number of rotatable bonds is 2. The van der Waals surface area contributed by atoms with Crippen molar-refractivity contribution < 1.29 is 13.2 Å². The molecule has 0 heterocycles. The van der Waals surface area contributed by atoms with Crippen LogP contribution in [0.4, 0.5) is 13.2 Å². The average Bonchev–Trinajstić information content (AvgIpc) is 2.62. The highest BCUT2D eigenvalue weighted by Gasteiger charge is 2.66. The van der Waals surface area contributed by atoms with Gasteiger partial charge in [0.05, 0.1) is 0 Å². The minimum atomic E-state index is -1.18. The number of hydrogen-bond acceptors (Lipinski definition) is 1. The molecule has 0 spiro atoms. The fourth-order valence-corrected chi connectivity index (χ4v) is 3.12. The quantitative estimate of drug-likeness (QED) is 0.801. The molecule has 18 heavy (non-hydrogen) atoms. The Balaban J connectivity index is 2.37.